The lowest BCUT2D eigenvalue weighted by molar-refractivity contribution is 0.107. The van der Waals surface area contributed by atoms with Gasteiger partial charge in [-0.3, -0.25) is 9.62 Å². The van der Waals surface area contributed by atoms with E-state index >= 15 is 0 Å². The van der Waals surface area contributed by atoms with Crippen LogP contribution in [-0.2, 0) is 20.5 Å². The first kappa shape index (κ1) is 23.8. The molecule has 1 heterocycles. The van der Waals surface area contributed by atoms with E-state index in [0.717, 1.165) is 6.92 Å². The van der Waals surface area contributed by atoms with Crippen LogP contribution in [0.3, 0.4) is 0 Å². The third kappa shape index (κ3) is 4.25. The average Bonchev–Trinajstić information content (AvgIpc) is 2.71. The number of hydrogen-bond acceptors (Lipinski definition) is 4. The molecular formula is C21H22F4N2O4S. The van der Waals surface area contributed by atoms with Crippen LogP contribution in [0.4, 0.5) is 33.7 Å². The van der Waals surface area contributed by atoms with Crippen molar-refractivity contribution >= 4 is 27.5 Å². The van der Waals surface area contributed by atoms with Crippen LogP contribution in [0.5, 0.6) is 0 Å². The lowest BCUT2D eigenvalue weighted by Gasteiger charge is -2.34. The van der Waals surface area contributed by atoms with Crippen molar-refractivity contribution in [3.05, 3.63) is 57.7 Å². The maximum absolute atomic E-state index is 14.1. The van der Waals surface area contributed by atoms with Crippen LogP contribution < -0.4 is 9.62 Å². The van der Waals surface area contributed by atoms with E-state index in [2.05, 4.69) is 4.72 Å². The highest BCUT2D eigenvalue weighted by molar-refractivity contribution is 7.91. The number of cyclic esters (lactones) is 1. The molecule has 0 aliphatic carbocycles. The van der Waals surface area contributed by atoms with Gasteiger partial charge in [0.2, 0.25) is 10.0 Å². The summed E-state index contributed by atoms with van der Waals surface area (Å²) in [6, 6.07) is 2.90. The number of hydrogen-bond donors (Lipinski definition) is 1. The third-order valence-corrected chi connectivity index (χ3v) is 6.38. The Morgan fingerprint density at radius 2 is 1.66 bits per heavy atom. The Labute approximate surface area is 183 Å². The van der Waals surface area contributed by atoms with Crippen molar-refractivity contribution in [2.24, 2.45) is 0 Å². The van der Waals surface area contributed by atoms with Crippen LogP contribution >= 0.6 is 0 Å². The Balaban J connectivity index is 1.97. The van der Waals surface area contributed by atoms with E-state index in [1.165, 1.54) is 17.0 Å². The fraction of sp³-hybridized carbons (Fsp3) is 0.381. The molecule has 1 atom stereocenters. The fourth-order valence-electron chi connectivity index (χ4n) is 3.66. The highest BCUT2D eigenvalue weighted by atomic mass is 32.2. The lowest BCUT2D eigenvalue weighted by Crippen LogP contribution is -2.38. The molecule has 1 unspecified atom stereocenters. The first-order chi connectivity index (χ1) is 14.9. The molecule has 0 radical (unpaired) electrons. The maximum Gasteiger partial charge on any atom is 0.414 e. The number of rotatable bonds is 6. The Hall–Kier alpha value is -2.82. The number of benzene rings is 2. The first-order valence-electron chi connectivity index (χ1n) is 9.82. The van der Waals surface area contributed by atoms with Crippen molar-refractivity contribution in [1.82, 2.24) is 0 Å². The molecule has 1 amide bonds. The molecule has 1 N–H and O–H groups in total. The summed E-state index contributed by atoms with van der Waals surface area (Å²) in [5.41, 5.74) is -0.346. The molecule has 1 aliphatic heterocycles. The Morgan fingerprint density at radius 1 is 1.06 bits per heavy atom. The van der Waals surface area contributed by atoms with E-state index in [-0.39, 0.29) is 5.69 Å². The number of amides is 1. The number of anilines is 2. The maximum atomic E-state index is 14.1. The molecule has 2 aromatic carbocycles. The highest BCUT2D eigenvalue weighted by Gasteiger charge is 2.32. The molecule has 0 fully saturated rings. The van der Waals surface area contributed by atoms with Crippen LogP contribution in [0.2, 0.25) is 0 Å². The highest BCUT2D eigenvalue weighted by Crippen LogP contribution is 2.39. The topological polar surface area (TPSA) is 75.7 Å². The van der Waals surface area contributed by atoms with Crippen LogP contribution in [0.25, 0.3) is 0 Å². The van der Waals surface area contributed by atoms with Gasteiger partial charge in [0.05, 0.1) is 5.69 Å². The van der Waals surface area contributed by atoms with Crippen molar-refractivity contribution in [1.29, 1.82) is 0 Å². The normalized spacial score (nSPS) is 16.1. The molecular weight excluding hydrogens is 452 g/mol. The van der Waals surface area contributed by atoms with Crippen LogP contribution in [0.15, 0.2) is 12.1 Å². The van der Waals surface area contributed by atoms with Crippen molar-refractivity contribution in [2.45, 2.75) is 46.0 Å². The predicted molar refractivity (Wildman–Crippen MR) is 111 cm³/mol. The molecule has 0 bridgehead atoms. The van der Waals surface area contributed by atoms with Gasteiger partial charge < -0.3 is 4.74 Å². The molecule has 2 aromatic rings. The van der Waals surface area contributed by atoms with Gasteiger partial charge in [-0.05, 0) is 44.9 Å². The second-order valence-electron chi connectivity index (χ2n) is 7.63. The molecule has 0 aromatic heterocycles. The Morgan fingerprint density at radius 3 is 2.22 bits per heavy atom. The van der Waals surface area contributed by atoms with E-state index < -0.39 is 62.4 Å². The van der Waals surface area contributed by atoms with Gasteiger partial charge in [-0.15, -0.1) is 0 Å². The van der Waals surface area contributed by atoms with Gasteiger partial charge in [-0.1, -0.05) is 6.92 Å². The van der Waals surface area contributed by atoms with Crippen molar-refractivity contribution in [3.63, 3.8) is 0 Å². The zero-order chi connectivity index (χ0) is 24.0. The van der Waals surface area contributed by atoms with E-state index in [1.807, 2.05) is 6.92 Å². The summed E-state index contributed by atoms with van der Waals surface area (Å²) in [6.07, 6.45) is -0.515. The van der Waals surface area contributed by atoms with E-state index in [9.17, 15) is 30.8 Å². The minimum absolute atomic E-state index is 0.0522. The van der Waals surface area contributed by atoms with Gasteiger partial charge in [0.15, 0.2) is 23.3 Å². The van der Waals surface area contributed by atoms with Gasteiger partial charge in [0.25, 0.3) is 0 Å². The monoisotopic (exact) mass is 474 g/mol. The smallest absolute Gasteiger partial charge is 0.414 e. The van der Waals surface area contributed by atoms with Crippen LogP contribution in [0.1, 0.15) is 48.6 Å². The molecule has 174 valence electrons. The Kier molecular flexibility index (Phi) is 6.41. The van der Waals surface area contributed by atoms with Gasteiger partial charge >= 0.3 is 6.09 Å². The molecule has 0 spiro atoms. The third-order valence-electron chi connectivity index (χ3n) is 5.16. The molecule has 6 nitrogen and oxygen atoms in total. The van der Waals surface area contributed by atoms with E-state index in [0.29, 0.717) is 29.8 Å². The second-order valence-corrected chi connectivity index (χ2v) is 9.35. The van der Waals surface area contributed by atoms with Crippen LogP contribution in [-0.4, -0.2) is 21.1 Å². The number of nitrogens with zero attached hydrogens (tertiary/aromatic N) is 1. The van der Waals surface area contributed by atoms with Crippen molar-refractivity contribution < 1.29 is 35.5 Å². The molecule has 1 aliphatic rings. The summed E-state index contributed by atoms with van der Waals surface area (Å²) < 4.78 is 88.5. The molecule has 0 saturated heterocycles. The summed E-state index contributed by atoms with van der Waals surface area (Å²) >= 11 is 0. The lowest BCUT2D eigenvalue weighted by atomic mass is 10.00. The fourth-order valence-corrected chi connectivity index (χ4v) is 4.84. The van der Waals surface area contributed by atoms with Gasteiger partial charge in [-0.25, -0.2) is 30.8 Å². The van der Waals surface area contributed by atoms with Crippen LogP contribution in [0, 0.1) is 37.1 Å². The second kappa shape index (κ2) is 8.61. The number of carbonyl (C=O) groups is 1. The molecule has 3 rings (SSSR count). The average molecular weight is 474 g/mol. The largest absolute Gasteiger partial charge is 0.441 e. The quantitative estimate of drug-likeness (QED) is 0.460. The number of aryl methyl sites for hydroxylation is 1. The number of nitrogens with one attached hydrogen (secondary N) is 1. The molecule has 0 saturated carbocycles. The number of sulfonamides is 1. The van der Waals surface area contributed by atoms with Crippen molar-refractivity contribution in [3.8, 4) is 0 Å². The molecule has 32 heavy (non-hydrogen) atoms. The number of halogens is 4. The number of carbonyl (C=O) groups excluding carboxylic acids is 1. The summed E-state index contributed by atoms with van der Waals surface area (Å²) in [5, 5.41) is 0. The number of ether oxygens (including phenoxy) is 1. The summed E-state index contributed by atoms with van der Waals surface area (Å²) in [7, 11) is -4.46. The SMILES string of the molecule is CCCN1C(=O)OC(C)c2cc(NS(=O)(=O)Cc3c(F)c(F)c(C)c(F)c3F)cc(C)c21. The first-order valence-corrected chi connectivity index (χ1v) is 11.5. The predicted octanol–water partition coefficient (Wildman–Crippen LogP) is 5.23. The van der Waals surface area contributed by atoms with E-state index in [4.69, 9.17) is 4.74 Å². The van der Waals surface area contributed by atoms with Gasteiger partial charge in [0, 0.05) is 28.9 Å². The van der Waals surface area contributed by atoms with Gasteiger partial charge in [-0.2, -0.15) is 0 Å². The van der Waals surface area contributed by atoms with Gasteiger partial charge in [0.1, 0.15) is 11.9 Å². The number of fused-ring (bicyclic) bond motifs is 1. The Bertz CT molecular complexity index is 1170. The standard InChI is InChI=1S/C21H22F4N2O4S/c1-5-6-27-20-10(2)7-13(8-14(20)12(4)31-21(27)28)26-32(29,30)9-15-18(24)16(22)11(3)17(23)19(15)25/h7-8,12,26H,5-6,9H2,1-4H3. The minimum Gasteiger partial charge on any atom is -0.441 e. The zero-order valence-electron chi connectivity index (χ0n) is 17.9. The summed E-state index contributed by atoms with van der Waals surface area (Å²) in [4.78, 5) is 13.7. The van der Waals surface area contributed by atoms with E-state index in [1.54, 1.807) is 13.8 Å². The zero-order valence-corrected chi connectivity index (χ0v) is 18.7. The molecule has 11 heteroatoms. The summed E-state index contributed by atoms with van der Waals surface area (Å²) in [5.74, 6) is -8.13. The minimum atomic E-state index is -4.46. The summed E-state index contributed by atoms with van der Waals surface area (Å²) in [6.45, 7) is 6.43. The van der Waals surface area contributed by atoms with Crippen molar-refractivity contribution in [2.75, 3.05) is 16.2 Å².